The Hall–Kier alpha value is -1.30. The van der Waals surface area contributed by atoms with Crippen molar-refractivity contribution in [3.8, 4) is 0 Å². The summed E-state index contributed by atoms with van der Waals surface area (Å²) in [6.45, 7) is 8.59. The Morgan fingerprint density at radius 1 is 1.14 bits per heavy atom. The number of nitrogens with one attached hydrogen (secondary N) is 1. The molecule has 0 bridgehead atoms. The van der Waals surface area contributed by atoms with E-state index in [0.29, 0.717) is 6.54 Å². The van der Waals surface area contributed by atoms with Crippen molar-refractivity contribution in [1.29, 1.82) is 0 Å². The molecule has 2 rings (SSSR count). The third-order valence-corrected chi connectivity index (χ3v) is 4.34. The molecule has 0 saturated carbocycles. The first-order valence-electron chi connectivity index (χ1n) is 7.33. The number of nitrogens with two attached hydrogens (primary N) is 1. The Labute approximate surface area is 127 Å². The maximum atomic E-state index is 6.05. The predicted octanol–water partition coefficient (Wildman–Crippen LogP) is 2.70. The molecule has 1 aliphatic rings. The molecule has 4 nitrogen and oxygen atoms in total. The minimum atomic E-state index is -0.385. The third-order valence-electron chi connectivity index (χ3n) is 4.34. The molecule has 5 heteroatoms. The molecule has 21 heavy (non-hydrogen) atoms. The summed E-state index contributed by atoms with van der Waals surface area (Å²) < 4.78 is 12.1. The van der Waals surface area contributed by atoms with Crippen LogP contribution in [0.2, 0.25) is 0 Å². The topological polar surface area (TPSA) is 56.5 Å². The van der Waals surface area contributed by atoms with Gasteiger partial charge >= 0.3 is 7.12 Å². The quantitative estimate of drug-likeness (QED) is 0.836. The Morgan fingerprint density at radius 2 is 1.67 bits per heavy atom. The van der Waals surface area contributed by atoms with Crippen molar-refractivity contribution in [3.63, 3.8) is 0 Å². The highest BCUT2D eigenvalue weighted by Crippen LogP contribution is 2.38. The molecule has 1 fully saturated rings. The van der Waals surface area contributed by atoms with Gasteiger partial charge in [-0.25, -0.2) is 0 Å². The molecule has 0 unspecified atom stereocenters. The van der Waals surface area contributed by atoms with Gasteiger partial charge in [-0.05, 0) is 50.9 Å². The highest BCUT2D eigenvalue weighted by atomic mass is 16.7. The van der Waals surface area contributed by atoms with Gasteiger partial charge in [0.25, 0.3) is 0 Å². The average molecular weight is 288 g/mol. The lowest BCUT2D eigenvalue weighted by Gasteiger charge is -2.32. The van der Waals surface area contributed by atoms with Crippen LogP contribution >= 0.6 is 0 Å². The molecule has 0 amide bonds. The van der Waals surface area contributed by atoms with E-state index in [-0.39, 0.29) is 18.3 Å². The first-order valence-corrected chi connectivity index (χ1v) is 7.33. The molecule has 0 spiro atoms. The molecular weight excluding hydrogens is 263 g/mol. The molecule has 3 N–H and O–H groups in total. The lowest BCUT2D eigenvalue weighted by atomic mass is 9.77. The Bertz CT molecular complexity index is 508. The summed E-state index contributed by atoms with van der Waals surface area (Å²) >= 11 is 0. The van der Waals surface area contributed by atoms with Crippen LogP contribution in [0.4, 0.5) is 5.69 Å². The summed E-state index contributed by atoms with van der Waals surface area (Å²) in [7, 11) is 1.52. The summed E-state index contributed by atoms with van der Waals surface area (Å²) in [6, 6.07) is 8.16. The Balaban J connectivity index is 2.22. The SMILES string of the molecule is CNc1ccc(C=C(CN)B2OC(C)(C)C(C)(C)O2)cc1. The summed E-state index contributed by atoms with van der Waals surface area (Å²) in [5.74, 6) is 0. The molecule has 0 radical (unpaired) electrons. The number of hydrogen-bond acceptors (Lipinski definition) is 4. The molecule has 0 atom stereocenters. The summed E-state index contributed by atoms with van der Waals surface area (Å²) in [6.07, 6.45) is 2.04. The van der Waals surface area contributed by atoms with Crippen LogP contribution in [0.1, 0.15) is 33.3 Å². The van der Waals surface area contributed by atoms with Gasteiger partial charge in [-0.3, -0.25) is 0 Å². The number of anilines is 1. The van der Waals surface area contributed by atoms with Gasteiger partial charge in [0.15, 0.2) is 0 Å². The molecule has 1 aromatic rings. The molecule has 1 saturated heterocycles. The normalized spacial score (nSPS) is 20.7. The van der Waals surface area contributed by atoms with Crippen molar-refractivity contribution >= 4 is 18.9 Å². The van der Waals surface area contributed by atoms with Crippen molar-refractivity contribution in [3.05, 3.63) is 35.3 Å². The fourth-order valence-corrected chi connectivity index (χ4v) is 2.18. The van der Waals surface area contributed by atoms with Gasteiger partial charge in [0.1, 0.15) is 0 Å². The summed E-state index contributed by atoms with van der Waals surface area (Å²) in [4.78, 5) is 0. The van der Waals surface area contributed by atoms with Gasteiger partial charge in [-0.1, -0.05) is 18.2 Å². The second-order valence-electron chi connectivity index (χ2n) is 6.38. The maximum absolute atomic E-state index is 6.05. The van der Waals surface area contributed by atoms with E-state index in [1.165, 1.54) is 0 Å². The molecule has 114 valence electrons. The van der Waals surface area contributed by atoms with Crippen LogP contribution in [0.25, 0.3) is 6.08 Å². The van der Waals surface area contributed by atoms with E-state index < -0.39 is 0 Å². The zero-order valence-corrected chi connectivity index (χ0v) is 13.6. The summed E-state index contributed by atoms with van der Waals surface area (Å²) in [5, 5.41) is 3.10. The minimum Gasteiger partial charge on any atom is -0.400 e. The van der Waals surface area contributed by atoms with Crippen LogP contribution in [0.3, 0.4) is 0 Å². The third kappa shape index (κ3) is 3.31. The largest absolute Gasteiger partial charge is 0.491 e. The van der Waals surface area contributed by atoms with Gasteiger partial charge in [0, 0.05) is 19.3 Å². The van der Waals surface area contributed by atoms with Crippen molar-refractivity contribution in [2.75, 3.05) is 18.9 Å². The smallest absolute Gasteiger partial charge is 0.400 e. The Kier molecular flexibility index (Phi) is 4.47. The minimum absolute atomic E-state index is 0.345. The van der Waals surface area contributed by atoms with Crippen LogP contribution < -0.4 is 11.1 Å². The van der Waals surface area contributed by atoms with Gasteiger partial charge in [-0.15, -0.1) is 0 Å². The molecule has 0 aromatic heterocycles. The zero-order valence-electron chi connectivity index (χ0n) is 13.6. The van der Waals surface area contributed by atoms with Gasteiger partial charge in [0.05, 0.1) is 11.2 Å². The van der Waals surface area contributed by atoms with Crippen LogP contribution in [0, 0.1) is 0 Å². The van der Waals surface area contributed by atoms with E-state index in [9.17, 15) is 0 Å². The number of benzene rings is 1. The molecule has 1 aromatic carbocycles. The van der Waals surface area contributed by atoms with Gasteiger partial charge < -0.3 is 20.4 Å². The lowest BCUT2D eigenvalue weighted by Crippen LogP contribution is -2.41. The second kappa shape index (κ2) is 5.83. The Morgan fingerprint density at radius 3 is 2.10 bits per heavy atom. The van der Waals surface area contributed by atoms with Crippen LogP contribution in [-0.4, -0.2) is 31.9 Å². The first kappa shape index (κ1) is 16.1. The van der Waals surface area contributed by atoms with Gasteiger partial charge in [-0.2, -0.15) is 0 Å². The highest BCUT2D eigenvalue weighted by Gasteiger charge is 2.52. The van der Waals surface area contributed by atoms with E-state index in [2.05, 4.69) is 5.32 Å². The van der Waals surface area contributed by atoms with Crippen LogP contribution in [-0.2, 0) is 9.31 Å². The van der Waals surface area contributed by atoms with E-state index in [4.69, 9.17) is 15.0 Å². The number of rotatable bonds is 4. The predicted molar refractivity (Wildman–Crippen MR) is 89.1 cm³/mol. The first-order chi connectivity index (χ1) is 9.79. The van der Waals surface area contributed by atoms with Crippen LogP contribution in [0.15, 0.2) is 29.7 Å². The zero-order chi connectivity index (χ0) is 15.7. The van der Waals surface area contributed by atoms with E-state index in [1.807, 2.05) is 65.1 Å². The fraction of sp³-hybridized carbons (Fsp3) is 0.500. The maximum Gasteiger partial charge on any atom is 0.491 e. The molecule has 1 heterocycles. The summed E-state index contributed by atoms with van der Waals surface area (Å²) in [5.41, 5.74) is 8.32. The van der Waals surface area contributed by atoms with Crippen LogP contribution in [0.5, 0.6) is 0 Å². The van der Waals surface area contributed by atoms with Crippen molar-refractivity contribution < 1.29 is 9.31 Å². The lowest BCUT2D eigenvalue weighted by molar-refractivity contribution is 0.00578. The molecular formula is C16H25BN2O2. The molecule has 1 aliphatic heterocycles. The second-order valence-corrected chi connectivity index (χ2v) is 6.38. The standard InChI is InChI=1S/C16H25BN2O2/c1-15(2)16(3,4)21-17(20-15)13(11-18)10-12-6-8-14(19-5)9-7-12/h6-10,19H,11,18H2,1-5H3. The van der Waals surface area contributed by atoms with E-state index >= 15 is 0 Å². The van der Waals surface area contributed by atoms with E-state index in [1.54, 1.807) is 0 Å². The number of hydrogen-bond donors (Lipinski definition) is 2. The molecule has 0 aliphatic carbocycles. The average Bonchev–Trinajstić information content (AvgIpc) is 2.65. The fourth-order valence-electron chi connectivity index (χ4n) is 2.18. The van der Waals surface area contributed by atoms with Crippen molar-refractivity contribution in [1.82, 2.24) is 0 Å². The highest BCUT2D eigenvalue weighted by molar-refractivity contribution is 6.55. The van der Waals surface area contributed by atoms with E-state index in [0.717, 1.165) is 16.7 Å². The van der Waals surface area contributed by atoms with Crippen molar-refractivity contribution in [2.45, 2.75) is 38.9 Å². The monoisotopic (exact) mass is 288 g/mol. The van der Waals surface area contributed by atoms with Gasteiger partial charge in [0.2, 0.25) is 0 Å². The van der Waals surface area contributed by atoms with Crippen molar-refractivity contribution in [2.24, 2.45) is 5.73 Å².